The number of hydrogen-bond acceptors (Lipinski definition) is 4. The molecule has 4 aliphatic rings. The van der Waals surface area contributed by atoms with Crippen LogP contribution in [0.5, 0.6) is 0 Å². The number of anilines is 1. The molecule has 0 unspecified atom stereocenters. The van der Waals surface area contributed by atoms with Crippen LogP contribution in [0.3, 0.4) is 0 Å². The van der Waals surface area contributed by atoms with Crippen molar-refractivity contribution in [1.82, 2.24) is 0 Å². The molecular formula is C18H17NO4. The van der Waals surface area contributed by atoms with Gasteiger partial charge in [-0.2, -0.15) is 0 Å². The van der Waals surface area contributed by atoms with Crippen LogP contribution >= 0.6 is 0 Å². The molecule has 0 spiro atoms. The number of methoxy groups -OCH3 is 1. The summed E-state index contributed by atoms with van der Waals surface area (Å²) in [6, 6.07) is 6.51. The Bertz CT molecular complexity index is 706. The maximum atomic E-state index is 12.8. The number of carbonyl (C=O) groups is 3. The first kappa shape index (κ1) is 14.2. The highest BCUT2D eigenvalue weighted by Crippen LogP contribution is 2.50. The zero-order chi connectivity index (χ0) is 16.1. The number of ether oxygens (including phenoxy) is 1. The van der Waals surface area contributed by atoms with Crippen molar-refractivity contribution < 1.29 is 19.1 Å². The van der Waals surface area contributed by atoms with Crippen LogP contribution in [0, 0.1) is 23.7 Å². The monoisotopic (exact) mass is 311 g/mol. The summed E-state index contributed by atoms with van der Waals surface area (Å²) in [7, 11) is 1.30. The van der Waals surface area contributed by atoms with Crippen LogP contribution in [-0.2, 0) is 14.3 Å². The zero-order valence-electron chi connectivity index (χ0n) is 12.8. The number of fused-ring (bicyclic) bond motifs is 1. The van der Waals surface area contributed by atoms with Crippen molar-refractivity contribution >= 4 is 23.5 Å². The molecule has 2 amide bonds. The van der Waals surface area contributed by atoms with Crippen molar-refractivity contribution in [2.75, 3.05) is 12.0 Å². The second kappa shape index (κ2) is 5.05. The van der Waals surface area contributed by atoms with Crippen LogP contribution < -0.4 is 4.90 Å². The molecule has 0 aromatic heterocycles. The molecule has 1 aromatic carbocycles. The SMILES string of the molecule is COC(=O)c1cccc(N2C(=O)[C@@H]3[C@H](C2=O)[C@@H]2C=C[C@@H]3CC2)c1. The Morgan fingerprint density at radius 3 is 2.22 bits per heavy atom. The minimum absolute atomic E-state index is 0.138. The van der Waals surface area contributed by atoms with Gasteiger partial charge >= 0.3 is 5.97 Å². The van der Waals surface area contributed by atoms with Crippen molar-refractivity contribution in [1.29, 1.82) is 0 Å². The average molecular weight is 311 g/mol. The molecule has 2 fully saturated rings. The summed E-state index contributed by atoms with van der Waals surface area (Å²) in [5, 5.41) is 0. The fraction of sp³-hybridized carbons (Fsp3) is 0.389. The van der Waals surface area contributed by atoms with Gasteiger partial charge in [0, 0.05) is 0 Å². The second-order valence-electron chi connectivity index (χ2n) is 6.40. The van der Waals surface area contributed by atoms with E-state index in [0.717, 1.165) is 12.8 Å². The Kier molecular flexibility index (Phi) is 3.11. The van der Waals surface area contributed by atoms with E-state index in [1.165, 1.54) is 12.0 Å². The summed E-state index contributed by atoms with van der Waals surface area (Å²) < 4.78 is 4.71. The lowest BCUT2D eigenvalue weighted by Gasteiger charge is -2.38. The van der Waals surface area contributed by atoms with Gasteiger partial charge in [0.25, 0.3) is 0 Å². The van der Waals surface area contributed by atoms with Crippen molar-refractivity contribution in [3.63, 3.8) is 0 Å². The summed E-state index contributed by atoms with van der Waals surface area (Å²) in [5.74, 6) is -0.918. The van der Waals surface area contributed by atoms with Crippen LogP contribution in [0.2, 0.25) is 0 Å². The van der Waals surface area contributed by atoms with E-state index in [0.29, 0.717) is 11.3 Å². The van der Waals surface area contributed by atoms with Crippen molar-refractivity contribution in [2.24, 2.45) is 23.7 Å². The number of hydrogen-bond donors (Lipinski definition) is 0. The van der Waals surface area contributed by atoms with Gasteiger partial charge in [-0.05, 0) is 42.9 Å². The standard InChI is InChI=1S/C18H17NO4/c1-23-18(22)12-3-2-4-13(9-12)19-16(20)14-10-5-6-11(8-7-10)15(14)17(19)21/h2-6,9-11,14-15H,7-8H2,1H3/t10-,11-,14-,15+/m1/s1. The zero-order valence-corrected chi connectivity index (χ0v) is 12.8. The van der Waals surface area contributed by atoms with Crippen molar-refractivity contribution in [3.05, 3.63) is 42.0 Å². The van der Waals surface area contributed by atoms with Gasteiger partial charge in [0.05, 0.1) is 30.2 Å². The molecule has 0 radical (unpaired) electrons. The topological polar surface area (TPSA) is 63.7 Å². The number of benzene rings is 1. The quantitative estimate of drug-likeness (QED) is 0.477. The third-order valence-corrected chi connectivity index (χ3v) is 5.28. The molecule has 5 heteroatoms. The molecule has 1 saturated heterocycles. The average Bonchev–Trinajstić information content (AvgIpc) is 2.88. The molecule has 2 bridgehead atoms. The fourth-order valence-corrected chi connectivity index (χ4v) is 4.22. The highest BCUT2D eigenvalue weighted by Gasteiger charge is 2.56. The van der Waals surface area contributed by atoms with E-state index in [1.807, 2.05) is 0 Å². The lowest BCUT2D eigenvalue weighted by atomic mass is 9.63. The fourth-order valence-electron chi connectivity index (χ4n) is 4.22. The Labute approximate surface area is 133 Å². The van der Waals surface area contributed by atoms with Gasteiger partial charge in [-0.1, -0.05) is 18.2 Å². The highest BCUT2D eigenvalue weighted by atomic mass is 16.5. The first-order valence-electron chi connectivity index (χ1n) is 7.86. The van der Waals surface area contributed by atoms with Crippen LogP contribution in [0.25, 0.3) is 0 Å². The molecule has 3 aliphatic carbocycles. The van der Waals surface area contributed by atoms with Gasteiger partial charge in [0.15, 0.2) is 0 Å². The molecule has 5 rings (SSSR count). The third kappa shape index (κ3) is 1.96. The van der Waals surface area contributed by atoms with E-state index in [9.17, 15) is 14.4 Å². The summed E-state index contributed by atoms with van der Waals surface area (Å²) in [6.45, 7) is 0. The van der Waals surface area contributed by atoms with Crippen LogP contribution in [-0.4, -0.2) is 24.9 Å². The predicted molar refractivity (Wildman–Crippen MR) is 82.6 cm³/mol. The number of rotatable bonds is 2. The molecule has 1 aliphatic heterocycles. The van der Waals surface area contributed by atoms with Crippen LogP contribution in [0.15, 0.2) is 36.4 Å². The Balaban J connectivity index is 1.72. The number of amides is 2. The van der Waals surface area contributed by atoms with Crippen LogP contribution in [0.4, 0.5) is 5.69 Å². The maximum Gasteiger partial charge on any atom is 0.337 e. The molecule has 1 saturated carbocycles. The molecule has 23 heavy (non-hydrogen) atoms. The van der Waals surface area contributed by atoms with Gasteiger partial charge in [0.2, 0.25) is 11.8 Å². The Hall–Kier alpha value is -2.43. The summed E-state index contributed by atoms with van der Waals surface area (Å²) in [6.07, 6.45) is 6.12. The summed E-state index contributed by atoms with van der Waals surface area (Å²) in [5.41, 5.74) is 0.790. The second-order valence-corrected chi connectivity index (χ2v) is 6.40. The lowest BCUT2D eigenvalue weighted by Crippen LogP contribution is -2.38. The summed E-state index contributed by atoms with van der Waals surface area (Å²) in [4.78, 5) is 38.6. The third-order valence-electron chi connectivity index (χ3n) is 5.28. The van der Waals surface area contributed by atoms with Crippen molar-refractivity contribution in [3.8, 4) is 0 Å². The van der Waals surface area contributed by atoms with E-state index in [2.05, 4.69) is 12.2 Å². The molecule has 0 N–H and O–H groups in total. The van der Waals surface area contributed by atoms with Gasteiger partial charge in [-0.3, -0.25) is 9.59 Å². The van der Waals surface area contributed by atoms with Gasteiger partial charge < -0.3 is 4.74 Å². The lowest BCUT2D eigenvalue weighted by molar-refractivity contribution is -0.124. The first-order chi connectivity index (χ1) is 11.1. The molecule has 1 aromatic rings. The molecule has 118 valence electrons. The minimum Gasteiger partial charge on any atom is -0.465 e. The van der Waals surface area contributed by atoms with E-state index in [4.69, 9.17) is 4.74 Å². The van der Waals surface area contributed by atoms with Crippen molar-refractivity contribution in [2.45, 2.75) is 12.8 Å². The van der Waals surface area contributed by atoms with Gasteiger partial charge in [0.1, 0.15) is 0 Å². The maximum absolute atomic E-state index is 12.8. The first-order valence-corrected chi connectivity index (χ1v) is 7.86. The molecular weight excluding hydrogens is 294 g/mol. The van der Waals surface area contributed by atoms with Crippen LogP contribution in [0.1, 0.15) is 23.2 Å². The van der Waals surface area contributed by atoms with Gasteiger partial charge in [-0.15, -0.1) is 0 Å². The van der Waals surface area contributed by atoms with Gasteiger partial charge in [-0.25, -0.2) is 9.69 Å². The minimum atomic E-state index is -0.481. The number of allylic oxidation sites excluding steroid dienone is 2. The number of nitrogens with zero attached hydrogens (tertiary/aromatic N) is 1. The molecule has 4 atom stereocenters. The Morgan fingerprint density at radius 2 is 1.70 bits per heavy atom. The van der Waals surface area contributed by atoms with E-state index in [-0.39, 0.29) is 35.5 Å². The normalized spacial score (nSPS) is 31.4. The summed E-state index contributed by atoms with van der Waals surface area (Å²) >= 11 is 0. The molecule has 1 heterocycles. The number of esters is 1. The largest absolute Gasteiger partial charge is 0.465 e. The molecule has 5 nitrogen and oxygen atoms in total. The van der Waals surface area contributed by atoms with E-state index >= 15 is 0 Å². The van der Waals surface area contributed by atoms with E-state index in [1.54, 1.807) is 24.3 Å². The number of carbonyl (C=O) groups excluding carboxylic acids is 3. The highest BCUT2D eigenvalue weighted by molar-refractivity contribution is 6.22. The smallest absolute Gasteiger partial charge is 0.337 e. The predicted octanol–water partition coefficient (Wildman–Crippen LogP) is 2.17. The number of imide groups is 1. The van der Waals surface area contributed by atoms with E-state index < -0.39 is 5.97 Å². The Morgan fingerprint density at radius 1 is 1.09 bits per heavy atom.